The van der Waals surface area contributed by atoms with Gasteiger partial charge < -0.3 is 4.98 Å². The van der Waals surface area contributed by atoms with Gasteiger partial charge in [0.15, 0.2) is 0 Å². The molecule has 0 saturated heterocycles. The van der Waals surface area contributed by atoms with E-state index in [0.717, 1.165) is 28.8 Å². The van der Waals surface area contributed by atoms with Crippen molar-refractivity contribution in [2.24, 2.45) is 0 Å². The van der Waals surface area contributed by atoms with Crippen molar-refractivity contribution in [2.45, 2.75) is 13.3 Å². The van der Waals surface area contributed by atoms with E-state index in [2.05, 4.69) is 29.0 Å². The molecule has 0 bridgehead atoms. The lowest BCUT2D eigenvalue weighted by molar-refractivity contribution is 1.14. The molecule has 0 aliphatic heterocycles. The molecule has 4 heteroatoms. The lowest BCUT2D eigenvalue weighted by atomic mass is 10.1. The average Bonchev–Trinajstić information content (AvgIpc) is 2.84. The van der Waals surface area contributed by atoms with Crippen LogP contribution in [0.15, 0.2) is 36.4 Å². The van der Waals surface area contributed by atoms with Crippen molar-refractivity contribution in [3.05, 3.63) is 52.0 Å². The van der Waals surface area contributed by atoms with E-state index in [1.54, 1.807) is 6.07 Å². The van der Waals surface area contributed by atoms with Crippen LogP contribution in [0.5, 0.6) is 0 Å². The summed E-state index contributed by atoms with van der Waals surface area (Å²) in [6, 6.07) is 11.8. The van der Waals surface area contributed by atoms with Crippen LogP contribution in [-0.2, 0) is 6.42 Å². The van der Waals surface area contributed by atoms with Gasteiger partial charge in [-0.15, -0.1) is 0 Å². The number of fused-ring (bicyclic) bond motifs is 1. The van der Waals surface area contributed by atoms with Crippen molar-refractivity contribution < 1.29 is 0 Å². The number of nitrogens with one attached hydrogen (secondary N) is 1. The van der Waals surface area contributed by atoms with E-state index in [-0.39, 0.29) is 0 Å². The summed E-state index contributed by atoms with van der Waals surface area (Å²) in [6.45, 7) is 2.14. The minimum Gasteiger partial charge on any atom is -0.338 e. The van der Waals surface area contributed by atoms with Crippen LogP contribution in [0.3, 0.4) is 0 Å². The average molecular weight is 291 g/mol. The first-order valence-corrected chi connectivity index (χ1v) is 6.87. The number of halogens is 2. The van der Waals surface area contributed by atoms with Crippen LogP contribution in [0.25, 0.3) is 22.4 Å². The van der Waals surface area contributed by atoms with Crippen molar-refractivity contribution in [2.75, 3.05) is 0 Å². The summed E-state index contributed by atoms with van der Waals surface area (Å²) in [7, 11) is 0. The lowest BCUT2D eigenvalue weighted by Gasteiger charge is -1.99. The predicted octanol–water partition coefficient (Wildman–Crippen LogP) is 5.10. The fraction of sp³-hybridized carbons (Fsp3) is 0.133. The minimum absolute atomic E-state index is 0.536. The van der Waals surface area contributed by atoms with Crippen molar-refractivity contribution in [1.82, 2.24) is 9.97 Å². The first kappa shape index (κ1) is 12.5. The highest BCUT2D eigenvalue weighted by Crippen LogP contribution is 2.28. The summed E-state index contributed by atoms with van der Waals surface area (Å²) in [6.07, 6.45) is 1.01. The maximum absolute atomic E-state index is 6.04. The Morgan fingerprint density at radius 3 is 2.63 bits per heavy atom. The summed E-state index contributed by atoms with van der Waals surface area (Å²) in [5, 5.41) is 1.09. The second-order valence-corrected chi connectivity index (χ2v) is 5.23. The molecule has 96 valence electrons. The van der Waals surface area contributed by atoms with E-state index in [1.165, 1.54) is 5.56 Å². The van der Waals surface area contributed by atoms with E-state index in [1.807, 2.05) is 18.2 Å². The molecule has 2 nitrogen and oxygen atoms in total. The van der Waals surface area contributed by atoms with E-state index >= 15 is 0 Å². The van der Waals surface area contributed by atoms with E-state index in [0.29, 0.717) is 10.0 Å². The molecule has 1 aromatic heterocycles. The second kappa shape index (κ2) is 4.87. The molecule has 0 amide bonds. The van der Waals surface area contributed by atoms with Crippen molar-refractivity contribution in [3.8, 4) is 11.4 Å². The van der Waals surface area contributed by atoms with Crippen LogP contribution in [0.2, 0.25) is 10.0 Å². The highest BCUT2D eigenvalue weighted by atomic mass is 35.5. The number of aryl methyl sites for hydroxylation is 1. The SMILES string of the molecule is CCc1ccc2nc(-c3ccc(Cl)c(Cl)c3)[nH]c2c1. The van der Waals surface area contributed by atoms with Crippen LogP contribution in [0.1, 0.15) is 12.5 Å². The second-order valence-electron chi connectivity index (χ2n) is 4.42. The number of hydrogen-bond acceptors (Lipinski definition) is 1. The molecule has 0 radical (unpaired) electrons. The zero-order chi connectivity index (χ0) is 13.4. The normalized spacial score (nSPS) is 11.1. The molecular formula is C15H12Cl2N2. The zero-order valence-corrected chi connectivity index (χ0v) is 11.9. The molecule has 0 spiro atoms. The van der Waals surface area contributed by atoms with Crippen molar-refractivity contribution >= 4 is 34.2 Å². The monoisotopic (exact) mass is 290 g/mol. The van der Waals surface area contributed by atoms with Crippen molar-refractivity contribution in [3.63, 3.8) is 0 Å². The van der Waals surface area contributed by atoms with E-state index in [9.17, 15) is 0 Å². The van der Waals surface area contributed by atoms with Gasteiger partial charge in [0.25, 0.3) is 0 Å². The summed E-state index contributed by atoms with van der Waals surface area (Å²) < 4.78 is 0. The van der Waals surface area contributed by atoms with E-state index in [4.69, 9.17) is 23.2 Å². The van der Waals surface area contributed by atoms with Crippen LogP contribution < -0.4 is 0 Å². The topological polar surface area (TPSA) is 28.7 Å². The van der Waals surface area contributed by atoms with Gasteiger partial charge in [0, 0.05) is 5.56 Å². The maximum atomic E-state index is 6.04. The summed E-state index contributed by atoms with van der Waals surface area (Å²) in [4.78, 5) is 7.89. The summed E-state index contributed by atoms with van der Waals surface area (Å²) in [5.41, 5.74) is 4.22. The molecule has 1 heterocycles. The fourth-order valence-corrected chi connectivity index (χ4v) is 2.35. The molecule has 2 aromatic carbocycles. The number of aromatic nitrogens is 2. The Morgan fingerprint density at radius 2 is 1.89 bits per heavy atom. The van der Waals surface area contributed by atoms with Gasteiger partial charge in [-0.25, -0.2) is 4.98 Å². The summed E-state index contributed by atoms with van der Waals surface area (Å²) in [5.74, 6) is 0.807. The van der Waals surface area contributed by atoms with E-state index < -0.39 is 0 Å². The third kappa shape index (κ3) is 2.34. The molecule has 0 atom stereocenters. The zero-order valence-electron chi connectivity index (χ0n) is 10.4. The summed E-state index contributed by atoms with van der Waals surface area (Å²) >= 11 is 12.0. The first-order valence-electron chi connectivity index (χ1n) is 6.11. The van der Waals surface area contributed by atoms with Crippen LogP contribution in [0, 0.1) is 0 Å². The fourth-order valence-electron chi connectivity index (χ4n) is 2.06. The Morgan fingerprint density at radius 1 is 1.05 bits per heavy atom. The lowest BCUT2D eigenvalue weighted by Crippen LogP contribution is -1.80. The number of imidazole rings is 1. The standard InChI is InChI=1S/C15H12Cl2N2/c1-2-9-3-6-13-14(7-9)19-15(18-13)10-4-5-11(16)12(17)8-10/h3-8H,2H2,1H3,(H,18,19). The van der Waals surface area contributed by atoms with Gasteiger partial charge in [-0.3, -0.25) is 0 Å². The third-order valence-electron chi connectivity index (χ3n) is 3.15. The van der Waals surface area contributed by atoms with Gasteiger partial charge in [0.2, 0.25) is 0 Å². The molecular weight excluding hydrogens is 279 g/mol. The number of aromatic amines is 1. The van der Waals surface area contributed by atoms with Crippen LogP contribution >= 0.6 is 23.2 Å². The number of rotatable bonds is 2. The van der Waals surface area contributed by atoms with Crippen LogP contribution in [0.4, 0.5) is 0 Å². The van der Waals surface area contributed by atoms with Gasteiger partial charge >= 0.3 is 0 Å². The highest BCUT2D eigenvalue weighted by Gasteiger charge is 2.07. The Balaban J connectivity index is 2.11. The Bertz CT molecular complexity index is 747. The third-order valence-corrected chi connectivity index (χ3v) is 3.89. The smallest absolute Gasteiger partial charge is 0.138 e. The van der Waals surface area contributed by atoms with Crippen LogP contribution in [-0.4, -0.2) is 9.97 Å². The number of benzene rings is 2. The molecule has 0 saturated carbocycles. The Hall–Kier alpha value is -1.51. The number of nitrogens with zero attached hydrogens (tertiary/aromatic N) is 1. The molecule has 0 fully saturated rings. The van der Waals surface area contributed by atoms with Gasteiger partial charge in [0.1, 0.15) is 5.82 Å². The highest BCUT2D eigenvalue weighted by molar-refractivity contribution is 6.42. The van der Waals surface area contributed by atoms with Crippen molar-refractivity contribution in [1.29, 1.82) is 0 Å². The van der Waals surface area contributed by atoms with Gasteiger partial charge in [-0.2, -0.15) is 0 Å². The quantitative estimate of drug-likeness (QED) is 0.699. The first-order chi connectivity index (χ1) is 9.17. The molecule has 1 N–H and O–H groups in total. The molecule has 0 unspecified atom stereocenters. The molecule has 3 aromatic rings. The number of hydrogen-bond donors (Lipinski definition) is 1. The largest absolute Gasteiger partial charge is 0.338 e. The van der Waals surface area contributed by atoms with Gasteiger partial charge in [-0.1, -0.05) is 36.2 Å². The molecule has 0 aliphatic carbocycles. The van der Waals surface area contributed by atoms with Gasteiger partial charge in [0.05, 0.1) is 21.1 Å². The Labute approximate surface area is 121 Å². The molecule has 0 aliphatic rings. The predicted molar refractivity (Wildman–Crippen MR) is 80.9 cm³/mol. The maximum Gasteiger partial charge on any atom is 0.138 e. The minimum atomic E-state index is 0.536. The Kier molecular flexibility index (Phi) is 3.21. The molecule has 19 heavy (non-hydrogen) atoms. The number of H-pyrrole nitrogens is 1. The van der Waals surface area contributed by atoms with Gasteiger partial charge in [-0.05, 0) is 42.3 Å². The molecule has 3 rings (SSSR count).